The van der Waals surface area contributed by atoms with Crippen LogP contribution in [0.2, 0.25) is 0 Å². The lowest BCUT2D eigenvalue weighted by Gasteiger charge is -2.27. The van der Waals surface area contributed by atoms with Gasteiger partial charge in [-0.15, -0.1) is 0 Å². The summed E-state index contributed by atoms with van der Waals surface area (Å²) in [6, 6.07) is 0.804. The van der Waals surface area contributed by atoms with E-state index in [0.29, 0.717) is 0 Å². The number of rotatable bonds is 13. The Morgan fingerprint density at radius 1 is 0.810 bits per heavy atom. The van der Waals surface area contributed by atoms with Crippen LogP contribution >= 0.6 is 0 Å². The molecule has 0 aliphatic heterocycles. The number of hydrogen-bond acceptors (Lipinski definition) is 1. The Bertz CT molecular complexity index is 208. The van der Waals surface area contributed by atoms with Crippen LogP contribution in [0.15, 0.2) is 0 Å². The molecule has 1 aliphatic carbocycles. The van der Waals surface area contributed by atoms with Crippen LogP contribution in [0.25, 0.3) is 0 Å². The molecule has 1 aliphatic rings. The van der Waals surface area contributed by atoms with Gasteiger partial charge in [0.25, 0.3) is 0 Å². The van der Waals surface area contributed by atoms with Gasteiger partial charge in [-0.3, -0.25) is 0 Å². The highest BCUT2D eigenvalue weighted by atomic mass is 14.9. The van der Waals surface area contributed by atoms with Crippen molar-refractivity contribution in [3.05, 3.63) is 0 Å². The van der Waals surface area contributed by atoms with Gasteiger partial charge in [0.1, 0.15) is 0 Å². The van der Waals surface area contributed by atoms with Crippen molar-refractivity contribution in [2.24, 2.45) is 5.92 Å². The Morgan fingerprint density at radius 3 is 2.05 bits per heavy atom. The van der Waals surface area contributed by atoms with Gasteiger partial charge in [0, 0.05) is 6.04 Å². The minimum Gasteiger partial charge on any atom is -0.314 e. The van der Waals surface area contributed by atoms with Crippen molar-refractivity contribution < 1.29 is 0 Å². The fourth-order valence-corrected chi connectivity index (χ4v) is 3.94. The third kappa shape index (κ3) is 10.3. The smallest absolute Gasteiger partial charge is 0.00695 e. The summed E-state index contributed by atoms with van der Waals surface area (Å²) in [4.78, 5) is 0. The van der Waals surface area contributed by atoms with E-state index in [4.69, 9.17) is 0 Å². The second kappa shape index (κ2) is 13.6. The Kier molecular flexibility index (Phi) is 12.3. The van der Waals surface area contributed by atoms with E-state index in [-0.39, 0.29) is 0 Å². The van der Waals surface area contributed by atoms with Crippen LogP contribution in [0.3, 0.4) is 0 Å². The van der Waals surface area contributed by atoms with Gasteiger partial charge in [0.2, 0.25) is 0 Å². The zero-order valence-electron chi connectivity index (χ0n) is 15.0. The van der Waals surface area contributed by atoms with E-state index in [1.807, 2.05) is 0 Å². The molecule has 0 spiro atoms. The Morgan fingerprint density at radius 2 is 1.43 bits per heavy atom. The molecule has 0 aromatic carbocycles. The summed E-state index contributed by atoms with van der Waals surface area (Å²) in [5.74, 6) is 1.02. The molecule has 1 rings (SSSR count). The highest BCUT2D eigenvalue weighted by Gasteiger charge is 2.18. The van der Waals surface area contributed by atoms with Crippen molar-refractivity contribution in [1.29, 1.82) is 0 Å². The summed E-state index contributed by atoms with van der Waals surface area (Å²) in [5.41, 5.74) is 0. The monoisotopic (exact) mass is 295 g/mol. The molecule has 0 aromatic rings. The number of nitrogens with one attached hydrogen (secondary N) is 1. The molecule has 1 unspecified atom stereocenters. The van der Waals surface area contributed by atoms with Crippen LogP contribution < -0.4 is 5.32 Å². The minimum atomic E-state index is 0.804. The molecule has 0 bridgehead atoms. The van der Waals surface area contributed by atoms with E-state index < -0.39 is 0 Å². The number of hydrogen-bond donors (Lipinski definition) is 1. The molecule has 1 saturated carbocycles. The van der Waals surface area contributed by atoms with Crippen molar-refractivity contribution in [3.8, 4) is 0 Å². The zero-order valence-corrected chi connectivity index (χ0v) is 15.0. The molecule has 0 aromatic heterocycles. The highest BCUT2D eigenvalue weighted by molar-refractivity contribution is 4.74. The SMILES string of the molecule is CCCCCCCCCCC(CC1CCCCC1)NCC. The lowest BCUT2D eigenvalue weighted by molar-refractivity contribution is 0.289. The number of unbranched alkanes of at least 4 members (excludes halogenated alkanes) is 7. The van der Waals surface area contributed by atoms with Crippen molar-refractivity contribution in [3.63, 3.8) is 0 Å². The molecule has 1 nitrogen and oxygen atoms in total. The second-order valence-corrected chi connectivity index (χ2v) is 7.26. The molecule has 0 amide bonds. The molecule has 0 saturated heterocycles. The zero-order chi connectivity index (χ0) is 15.2. The summed E-state index contributed by atoms with van der Waals surface area (Å²) in [5, 5.41) is 3.75. The van der Waals surface area contributed by atoms with E-state index >= 15 is 0 Å². The van der Waals surface area contributed by atoms with Crippen LogP contribution in [0, 0.1) is 5.92 Å². The van der Waals surface area contributed by atoms with Crippen molar-refractivity contribution in [2.45, 2.75) is 116 Å². The first-order valence-corrected chi connectivity index (χ1v) is 10.1. The van der Waals surface area contributed by atoms with Gasteiger partial charge < -0.3 is 5.32 Å². The standard InChI is InChI=1S/C20H41N/c1-3-5-6-7-8-9-10-14-17-20(21-4-2)18-19-15-12-11-13-16-19/h19-21H,3-18H2,1-2H3. The second-order valence-electron chi connectivity index (χ2n) is 7.26. The molecule has 0 heterocycles. The van der Waals surface area contributed by atoms with Gasteiger partial charge >= 0.3 is 0 Å². The fraction of sp³-hybridized carbons (Fsp3) is 1.00. The van der Waals surface area contributed by atoms with E-state index in [9.17, 15) is 0 Å². The van der Waals surface area contributed by atoms with Crippen molar-refractivity contribution >= 4 is 0 Å². The van der Waals surface area contributed by atoms with Crippen LogP contribution in [0.1, 0.15) is 110 Å². The van der Waals surface area contributed by atoms with Gasteiger partial charge in [-0.05, 0) is 25.3 Å². The lowest BCUT2D eigenvalue weighted by Crippen LogP contribution is -2.31. The average molecular weight is 296 g/mol. The van der Waals surface area contributed by atoms with Crippen molar-refractivity contribution in [1.82, 2.24) is 5.32 Å². The first kappa shape index (κ1) is 19.0. The third-order valence-corrected chi connectivity index (χ3v) is 5.24. The van der Waals surface area contributed by atoms with Crippen LogP contribution in [0.5, 0.6) is 0 Å². The van der Waals surface area contributed by atoms with E-state index in [0.717, 1.165) is 18.5 Å². The van der Waals surface area contributed by atoms with Crippen LogP contribution in [0.4, 0.5) is 0 Å². The third-order valence-electron chi connectivity index (χ3n) is 5.24. The molecule has 1 fully saturated rings. The maximum Gasteiger partial charge on any atom is 0.00695 e. The van der Waals surface area contributed by atoms with E-state index in [2.05, 4.69) is 19.2 Å². The van der Waals surface area contributed by atoms with E-state index in [1.54, 1.807) is 0 Å². The molecular weight excluding hydrogens is 254 g/mol. The quantitative estimate of drug-likeness (QED) is 0.384. The summed E-state index contributed by atoms with van der Waals surface area (Å²) in [6.07, 6.45) is 21.9. The van der Waals surface area contributed by atoms with Gasteiger partial charge in [0.15, 0.2) is 0 Å². The first-order chi connectivity index (χ1) is 10.4. The highest BCUT2D eigenvalue weighted by Crippen LogP contribution is 2.28. The fourth-order valence-electron chi connectivity index (χ4n) is 3.94. The normalized spacial score (nSPS) is 18.0. The molecule has 0 radical (unpaired) electrons. The van der Waals surface area contributed by atoms with E-state index in [1.165, 1.54) is 96.3 Å². The predicted octanol–water partition coefficient (Wildman–Crippen LogP) is 6.47. The largest absolute Gasteiger partial charge is 0.314 e. The molecule has 1 atom stereocenters. The molecule has 21 heavy (non-hydrogen) atoms. The van der Waals surface area contributed by atoms with Crippen LogP contribution in [-0.2, 0) is 0 Å². The van der Waals surface area contributed by atoms with Gasteiger partial charge in [0.05, 0.1) is 0 Å². The maximum atomic E-state index is 3.75. The molecule has 1 N–H and O–H groups in total. The Balaban J connectivity index is 2.02. The molecular formula is C20H41N. The van der Waals surface area contributed by atoms with Crippen LogP contribution in [-0.4, -0.2) is 12.6 Å². The Hall–Kier alpha value is -0.0400. The van der Waals surface area contributed by atoms with Gasteiger partial charge in [-0.1, -0.05) is 97.3 Å². The lowest BCUT2D eigenvalue weighted by atomic mass is 9.84. The topological polar surface area (TPSA) is 12.0 Å². The Labute approximate surface area is 134 Å². The summed E-state index contributed by atoms with van der Waals surface area (Å²) in [7, 11) is 0. The average Bonchev–Trinajstić information content (AvgIpc) is 2.51. The van der Waals surface area contributed by atoms with Crippen molar-refractivity contribution in [2.75, 3.05) is 6.54 Å². The summed E-state index contributed by atoms with van der Waals surface area (Å²) >= 11 is 0. The van der Waals surface area contributed by atoms with Gasteiger partial charge in [-0.2, -0.15) is 0 Å². The molecule has 126 valence electrons. The minimum absolute atomic E-state index is 0.804. The first-order valence-electron chi connectivity index (χ1n) is 10.1. The molecule has 1 heteroatoms. The van der Waals surface area contributed by atoms with Gasteiger partial charge in [-0.25, -0.2) is 0 Å². The predicted molar refractivity (Wildman–Crippen MR) is 95.9 cm³/mol. The summed E-state index contributed by atoms with van der Waals surface area (Å²) < 4.78 is 0. The summed E-state index contributed by atoms with van der Waals surface area (Å²) in [6.45, 7) is 5.71. The maximum absolute atomic E-state index is 3.75.